The van der Waals surface area contributed by atoms with Crippen LogP contribution in [0.5, 0.6) is 0 Å². The van der Waals surface area contributed by atoms with Gasteiger partial charge in [-0.25, -0.2) is 9.37 Å². The second-order valence-electron chi connectivity index (χ2n) is 4.40. The van der Waals surface area contributed by atoms with Gasteiger partial charge in [0, 0.05) is 19.7 Å². The molecule has 0 N–H and O–H groups in total. The molecule has 19 heavy (non-hydrogen) atoms. The Morgan fingerprint density at radius 2 is 2.26 bits per heavy atom. The fraction of sp³-hybridized carbons (Fsp3) is 0.583. The minimum atomic E-state index is -0.695. The number of hydrogen-bond donors (Lipinski definition) is 0. The number of ether oxygens (including phenoxy) is 1. The molecule has 0 aromatic carbocycles. The topological polar surface area (TPSA) is 68.5 Å². The van der Waals surface area contributed by atoms with E-state index in [2.05, 4.69) is 4.98 Å². The number of piperidine rings is 1. The van der Waals surface area contributed by atoms with Crippen LogP contribution in [-0.2, 0) is 4.74 Å². The van der Waals surface area contributed by atoms with Crippen molar-refractivity contribution in [1.82, 2.24) is 4.98 Å². The molecular formula is C12H16FN3O3. The van der Waals surface area contributed by atoms with Crippen LogP contribution in [0.25, 0.3) is 0 Å². The van der Waals surface area contributed by atoms with Crippen LogP contribution in [-0.4, -0.2) is 35.7 Å². The number of rotatable bonds is 4. The first-order chi connectivity index (χ1) is 9.11. The molecule has 2 rings (SSSR count). The third-order valence-electron chi connectivity index (χ3n) is 3.15. The summed E-state index contributed by atoms with van der Waals surface area (Å²) in [4.78, 5) is 16.0. The Kier molecular flexibility index (Phi) is 4.26. The molecule has 1 saturated heterocycles. The third-order valence-corrected chi connectivity index (χ3v) is 3.15. The Morgan fingerprint density at radius 1 is 1.58 bits per heavy atom. The number of nitro groups is 1. The quantitative estimate of drug-likeness (QED) is 0.618. The van der Waals surface area contributed by atoms with Gasteiger partial charge in [0.15, 0.2) is 0 Å². The van der Waals surface area contributed by atoms with E-state index in [1.54, 1.807) is 0 Å². The molecule has 0 spiro atoms. The van der Waals surface area contributed by atoms with Crippen LogP contribution in [0.1, 0.15) is 19.8 Å². The Balaban J connectivity index is 2.13. The minimum absolute atomic E-state index is 0.195. The second kappa shape index (κ2) is 5.92. The first-order valence-corrected chi connectivity index (χ1v) is 6.28. The molecule has 1 fully saturated rings. The zero-order valence-electron chi connectivity index (χ0n) is 10.7. The maximum Gasteiger partial charge on any atom is 0.314 e. The highest BCUT2D eigenvalue weighted by Gasteiger charge is 2.26. The number of halogens is 1. The average Bonchev–Trinajstić information content (AvgIpc) is 2.40. The van der Waals surface area contributed by atoms with Gasteiger partial charge in [0.1, 0.15) is 5.82 Å². The van der Waals surface area contributed by atoms with Crippen molar-refractivity contribution in [2.75, 3.05) is 24.6 Å². The molecule has 0 aliphatic carbocycles. The van der Waals surface area contributed by atoms with E-state index in [9.17, 15) is 14.5 Å². The van der Waals surface area contributed by atoms with Gasteiger partial charge in [-0.2, -0.15) is 0 Å². The summed E-state index contributed by atoms with van der Waals surface area (Å²) in [5.74, 6) is -0.457. The molecule has 1 aliphatic rings. The molecule has 0 bridgehead atoms. The molecule has 1 aliphatic heterocycles. The first kappa shape index (κ1) is 13.7. The first-order valence-electron chi connectivity index (χ1n) is 6.28. The summed E-state index contributed by atoms with van der Waals surface area (Å²) in [5.41, 5.74) is -0.283. The SMILES string of the molecule is CCOC1CCN(c2ncc(F)cc2[N+](=O)[O-])CC1. The molecule has 6 nitrogen and oxygen atoms in total. The number of anilines is 1. The summed E-state index contributed by atoms with van der Waals surface area (Å²) >= 11 is 0. The monoisotopic (exact) mass is 269 g/mol. The summed E-state index contributed by atoms with van der Waals surface area (Å²) in [6.07, 6.45) is 2.80. The summed E-state index contributed by atoms with van der Waals surface area (Å²) in [7, 11) is 0. The Hall–Kier alpha value is -1.76. The van der Waals surface area contributed by atoms with E-state index in [0.29, 0.717) is 19.7 Å². The van der Waals surface area contributed by atoms with Crippen LogP contribution in [0.15, 0.2) is 12.3 Å². The van der Waals surface area contributed by atoms with Gasteiger partial charge < -0.3 is 9.64 Å². The molecule has 0 radical (unpaired) electrons. The van der Waals surface area contributed by atoms with Gasteiger partial charge in [0.25, 0.3) is 0 Å². The number of hydrogen-bond acceptors (Lipinski definition) is 5. The largest absolute Gasteiger partial charge is 0.378 e. The molecule has 0 unspecified atom stereocenters. The van der Waals surface area contributed by atoms with Crippen LogP contribution < -0.4 is 4.90 Å². The minimum Gasteiger partial charge on any atom is -0.378 e. The van der Waals surface area contributed by atoms with Gasteiger partial charge in [-0.3, -0.25) is 10.1 Å². The fourth-order valence-corrected chi connectivity index (χ4v) is 2.27. The van der Waals surface area contributed by atoms with Crippen molar-refractivity contribution >= 4 is 11.5 Å². The zero-order chi connectivity index (χ0) is 13.8. The van der Waals surface area contributed by atoms with Crippen LogP contribution >= 0.6 is 0 Å². The van der Waals surface area contributed by atoms with E-state index in [4.69, 9.17) is 4.74 Å². The van der Waals surface area contributed by atoms with Gasteiger partial charge >= 0.3 is 5.69 Å². The van der Waals surface area contributed by atoms with E-state index in [-0.39, 0.29) is 17.6 Å². The van der Waals surface area contributed by atoms with Crippen LogP contribution in [0.3, 0.4) is 0 Å². The smallest absolute Gasteiger partial charge is 0.314 e. The van der Waals surface area contributed by atoms with Gasteiger partial charge in [0.2, 0.25) is 5.82 Å². The Bertz CT molecular complexity index is 462. The standard InChI is InChI=1S/C12H16FN3O3/c1-2-19-10-3-5-15(6-4-10)12-11(16(17)18)7-9(13)8-14-12/h7-8,10H,2-6H2,1H3. The van der Waals surface area contributed by atoms with Gasteiger partial charge in [-0.15, -0.1) is 0 Å². The highest BCUT2D eigenvalue weighted by Crippen LogP contribution is 2.28. The fourth-order valence-electron chi connectivity index (χ4n) is 2.27. The maximum absolute atomic E-state index is 13.0. The highest BCUT2D eigenvalue weighted by molar-refractivity contribution is 5.57. The van der Waals surface area contributed by atoms with Crippen molar-refractivity contribution < 1.29 is 14.1 Å². The normalized spacial score (nSPS) is 16.6. The average molecular weight is 269 g/mol. The second-order valence-corrected chi connectivity index (χ2v) is 4.40. The predicted octanol–water partition coefficient (Wildman–Crippen LogP) is 2.13. The molecule has 0 saturated carbocycles. The summed E-state index contributed by atoms with van der Waals surface area (Å²) < 4.78 is 18.6. The van der Waals surface area contributed by atoms with Crippen molar-refractivity contribution in [3.05, 3.63) is 28.2 Å². The van der Waals surface area contributed by atoms with E-state index in [1.807, 2.05) is 11.8 Å². The van der Waals surface area contributed by atoms with Crippen LogP contribution in [0.2, 0.25) is 0 Å². The maximum atomic E-state index is 13.0. The van der Waals surface area contributed by atoms with Gasteiger partial charge in [-0.05, 0) is 19.8 Å². The Labute approximate surface area is 110 Å². The molecule has 1 aromatic rings. The molecule has 2 heterocycles. The summed E-state index contributed by atoms with van der Waals surface area (Å²) in [6, 6.07) is 0.914. The van der Waals surface area contributed by atoms with Crippen molar-refractivity contribution in [2.45, 2.75) is 25.9 Å². The number of pyridine rings is 1. The molecule has 0 atom stereocenters. The van der Waals surface area contributed by atoms with Crippen LogP contribution in [0, 0.1) is 15.9 Å². The molecule has 104 valence electrons. The lowest BCUT2D eigenvalue weighted by Gasteiger charge is -2.32. The number of nitrogens with zero attached hydrogens (tertiary/aromatic N) is 3. The third kappa shape index (κ3) is 3.17. The van der Waals surface area contributed by atoms with Gasteiger partial charge in [0.05, 0.1) is 23.3 Å². The molecule has 7 heteroatoms. The Morgan fingerprint density at radius 3 is 2.84 bits per heavy atom. The van der Waals surface area contributed by atoms with Crippen LogP contribution in [0.4, 0.5) is 15.9 Å². The lowest BCUT2D eigenvalue weighted by atomic mass is 10.1. The van der Waals surface area contributed by atoms with Crippen molar-refractivity contribution in [2.24, 2.45) is 0 Å². The highest BCUT2D eigenvalue weighted by atomic mass is 19.1. The van der Waals surface area contributed by atoms with Crippen molar-refractivity contribution in [3.63, 3.8) is 0 Å². The molecule has 0 amide bonds. The van der Waals surface area contributed by atoms with E-state index < -0.39 is 10.7 Å². The zero-order valence-corrected chi connectivity index (χ0v) is 10.7. The summed E-state index contributed by atoms with van der Waals surface area (Å²) in [5, 5.41) is 10.9. The van der Waals surface area contributed by atoms with E-state index in [0.717, 1.165) is 25.1 Å². The molecule has 1 aromatic heterocycles. The molecular weight excluding hydrogens is 253 g/mol. The van der Waals surface area contributed by atoms with Crippen molar-refractivity contribution in [3.8, 4) is 0 Å². The van der Waals surface area contributed by atoms with E-state index >= 15 is 0 Å². The lowest BCUT2D eigenvalue weighted by Crippen LogP contribution is -2.37. The lowest BCUT2D eigenvalue weighted by molar-refractivity contribution is -0.384. The van der Waals surface area contributed by atoms with E-state index in [1.165, 1.54) is 0 Å². The predicted molar refractivity (Wildman–Crippen MR) is 67.7 cm³/mol. The number of aromatic nitrogens is 1. The van der Waals surface area contributed by atoms with Crippen molar-refractivity contribution in [1.29, 1.82) is 0 Å². The summed E-state index contributed by atoms with van der Waals surface area (Å²) in [6.45, 7) is 3.87. The van der Waals surface area contributed by atoms with Gasteiger partial charge in [-0.1, -0.05) is 0 Å².